The molecule has 0 bridgehead atoms. The number of anilines is 1. The van der Waals surface area contributed by atoms with Gasteiger partial charge >= 0.3 is 5.97 Å². The number of nitro benzene ring substituents is 1. The highest BCUT2D eigenvalue weighted by Gasteiger charge is 2.17. The number of esters is 1. The number of thiophene rings is 1. The maximum Gasteiger partial charge on any atom is 0.306 e. The van der Waals surface area contributed by atoms with Gasteiger partial charge in [0.05, 0.1) is 4.92 Å². The van der Waals surface area contributed by atoms with Crippen molar-refractivity contribution in [2.75, 3.05) is 11.9 Å². The minimum atomic E-state index is -0.669. The summed E-state index contributed by atoms with van der Waals surface area (Å²) >= 11 is 7.39. The third-order valence-electron chi connectivity index (χ3n) is 3.18. The lowest BCUT2D eigenvalue weighted by atomic mass is 10.2. The predicted molar refractivity (Wildman–Crippen MR) is 95.0 cm³/mol. The molecule has 0 radical (unpaired) electrons. The Labute approximate surface area is 152 Å². The Balaban J connectivity index is 1.77. The molecule has 2 rings (SSSR count). The summed E-state index contributed by atoms with van der Waals surface area (Å²) in [5.41, 5.74) is -0.337. The van der Waals surface area contributed by atoms with E-state index in [9.17, 15) is 19.7 Å². The van der Waals surface area contributed by atoms with Crippen molar-refractivity contribution in [3.05, 3.63) is 55.7 Å². The molecule has 2 aromatic rings. The number of carbonyl (C=O) groups excluding carboxylic acids is 2. The molecule has 9 heteroatoms. The largest absolute Gasteiger partial charge is 0.456 e. The molecule has 0 aliphatic carbocycles. The van der Waals surface area contributed by atoms with Crippen LogP contribution in [0.2, 0.25) is 5.02 Å². The minimum Gasteiger partial charge on any atom is -0.456 e. The molecule has 1 aromatic heterocycles. The van der Waals surface area contributed by atoms with E-state index in [2.05, 4.69) is 5.32 Å². The number of aryl methyl sites for hydroxylation is 1. The summed E-state index contributed by atoms with van der Waals surface area (Å²) in [6, 6.07) is 7.73. The summed E-state index contributed by atoms with van der Waals surface area (Å²) in [4.78, 5) is 34.9. The zero-order valence-corrected chi connectivity index (χ0v) is 14.6. The van der Waals surface area contributed by atoms with E-state index in [1.807, 2.05) is 17.5 Å². The number of rotatable bonds is 8. The molecule has 1 N–H and O–H groups in total. The first kappa shape index (κ1) is 18.9. The van der Waals surface area contributed by atoms with Crippen LogP contribution in [0.4, 0.5) is 11.4 Å². The predicted octanol–water partition coefficient (Wildman–Crippen LogP) is 3.81. The first-order chi connectivity index (χ1) is 12.0. The maximum atomic E-state index is 11.8. The molecule has 7 nitrogen and oxygen atoms in total. The number of nitro groups is 1. The fourth-order valence-electron chi connectivity index (χ4n) is 2.03. The van der Waals surface area contributed by atoms with Crippen LogP contribution in [0.1, 0.15) is 17.7 Å². The third kappa shape index (κ3) is 6.17. The van der Waals surface area contributed by atoms with Crippen molar-refractivity contribution < 1.29 is 19.2 Å². The highest BCUT2D eigenvalue weighted by atomic mass is 35.5. The smallest absolute Gasteiger partial charge is 0.306 e. The van der Waals surface area contributed by atoms with Gasteiger partial charge in [0.2, 0.25) is 0 Å². The SMILES string of the molecule is O=C(COC(=O)CCCc1cccs1)Nc1cc(Cl)ccc1[N+](=O)[O-]. The molecule has 0 unspecified atom stereocenters. The maximum absolute atomic E-state index is 11.8. The Morgan fingerprint density at radius 1 is 1.32 bits per heavy atom. The average molecular weight is 383 g/mol. The Hall–Kier alpha value is -2.45. The van der Waals surface area contributed by atoms with Crippen LogP contribution in [0.25, 0.3) is 0 Å². The van der Waals surface area contributed by atoms with E-state index in [4.69, 9.17) is 16.3 Å². The van der Waals surface area contributed by atoms with Crippen LogP contribution in [-0.2, 0) is 20.7 Å². The Kier molecular flexibility index (Phi) is 6.91. The molecule has 132 valence electrons. The van der Waals surface area contributed by atoms with Gasteiger partial charge in [0.1, 0.15) is 5.69 Å². The number of hydrogen-bond acceptors (Lipinski definition) is 6. The zero-order chi connectivity index (χ0) is 18.2. The van der Waals surface area contributed by atoms with Crippen molar-refractivity contribution in [1.82, 2.24) is 0 Å². The van der Waals surface area contributed by atoms with Crippen LogP contribution < -0.4 is 5.32 Å². The van der Waals surface area contributed by atoms with E-state index in [1.54, 1.807) is 11.3 Å². The number of nitrogens with one attached hydrogen (secondary N) is 1. The number of halogens is 1. The molecular weight excluding hydrogens is 368 g/mol. The van der Waals surface area contributed by atoms with Crippen molar-refractivity contribution in [3.8, 4) is 0 Å². The van der Waals surface area contributed by atoms with Gasteiger partial charge in [-0.05, 0) is 36.4 Å². The molecule has 1 heterocycles. The van der Waals surface area contributed by atoms with Crippen molar-refractivity contribution in [1.29, 1.82) is 0 Å². The van der Waals surface area contributed by atoms with E-state index in [1.165, 1.54) is 23.1 Å². The molecule has 0 saturated heterocycles. The fourth-order valence-corrected chi connectivity index (χ4v) is 2.96. The van der Waals surface area contributed by atoms with E-state index in [0.717, 1.165) is 6.42 Å². The molecular formula is C16H15ClN2O5S. The number of nitrogens with zero attached hydrogens (tertiary/aromatic N) is 1. The summed E-state index contributed by atoms with van der Waals surface area (Å²) in [5.74, 6) is -1.16. The summed E-state index contributed by atoms with van der Waals surface area (Å²) in [5, 5.41) is 15.5. The van der Waals surface area contributed by atoms with Crippen LogP contribution in [0.5, 0.6) is 0 Å². The van der Waals surface area contributed by atoms with Gasteiger partial charge in [-0.15, -0.1) is 11.3 Å². The Morgan fingerprint density at radius 2 is 2.12 bits per heavy atom. The second-order valence-electron chi connectivity index (χ2n) is 5.06. The number of benzene rings is 1. The molecule has 0 spiro atoms. The number of carbonyl (C=O) groups is 2. The molecule has 0 fully saturated rings. The monoisotopic (exact) mass is 382 g/mol. The molecule has 0 aliphatic rings. The fraction of sp³-hybridized carbons (Fsp3) is 0.250. The van der Waals surface area contributed by atoms with Crippen LogP contribution >= 0.6 is 22.9 Å². The van der Waals surface area contributed by atoms with Gasteiger partial charge < -0.3 is 10.1 Å². The van der Waals surface area contributed by atoms with Crippen LogP contribution in [0, 0.1) is 10.1 Å². The molecule has 0 saturated carbocycles. The van der Waals surface area contributed by atoms with E-state index >= 15 is 0 Å². The first-order valence-electron chi connectivity index (χ1n) is 7.37. The second kappa shape index (κ2) is 9.14. The van der Waals surface area contributed by atoms with Gasteiger partial charge in [0.25, 0.3) is 11.6 Å². The van der Waals surface area contributed by atoms with Gasteiger partial charge in [-0.3, -0.25) is 19.7 Å². The molecule has 0 atom stereocenters. The standard InChI is InChI=1S/C16H15ClN2O5S/c17-11-6-7-14(19(22)23)13(9-11)18-15(20)10-24-16(21)5-1-3-12-4-2-8-25-12/h2,4,6-9H,1,3,5,10H2,(H,18,20). The summed E-state index contributed by atoms with van der Waals surface area (Å²) in [7, 11) is 0. The van der Waals surface area contributed by atoms with Gasteiger partial charge in [-0.1, -0.05) is 17.7 Å². The lowest BCUT2D eigenvalue weighted by Gasteiger charge is -2.07. The molecule has 1 amide bonds. The Bertz CT molecular complexity index is 764. The highest BCUT2D eigenvalue weighted by Crippen LogP contribution is 2.27. The third-order valence-corrected chi connectivity index (χ3v) is 4.35. The normalized spacial score (nSPS) is 10.3. The first-order valence-corrected chi connectivity index (χ1v) is 8.63. The number of amides is 1. The lowest BCUT2D eigenvalue weighted by Crippen LogP contribution is -2.21. The van der Waals surface area contributed by atoms with Gasteiger partial charge in [0, 0.05) is 22.4 Å². The Morgan fingerprint density at radius 3 is 2.80 bits per heavy atom. The molecule has 1 aromatic carbocycles. The quantitative estimate of drug-likeness (QED) is 0.425. The summed E-state index contributed by atoms with van der Waals surface area (Å²) in [6.07, 6.45) is 1.59. The highest BCUT2D eigenvalue weighted by molar-refractivity contribution is 7.09. The molecule has 25 heavy (non-hydrogen) atoms. The van der Waals surface area contributed by atoms with Crippen LogP contribution in [-0.4, -0.2) is 23.4 Å². The van der Waals surface area contributed by atoms with Crippen molar-refractivity contribution in [2.24, 2.45) is 0 Å². The zero-order valence-electron chi connectivity index (χ0n) is 13.1. The summed E-state index contributed by atoms with van der Waals surface area (Å²) < 4.78 is 4.88. The van der Waals surface area contributed by atoms with Crippen molar-refractivity contribution in [3.63, 3.8) is 0 Å². The topological polar surface area (TPSA) is 98.5 Å². The number of ether oxygens (including phenoxy) is 1. The van der Waals surface area contributed by atoms with Crippen molar-refractivity contribution in [2.45, 2.75) is 19.3 Å². The van der Waals surface area contributed by atoms with Gasteiger partial charge in [0.15, 0.2) is 6.61 Å². The minimum absolute atomic E-state index is 0.0451. The van der Waals surface area contributed by atoms with Crippen LogP contribution in [0.3, 0.4) is 0 Å². The van der Waals surface area contributed by atoms with Crippen molar-refractivity contribution >= 4 is 46.2 Å². The van der Waals surface area contributed by atoms with E-state index < -0.39 is 23.4 Å². The second-order valence-corrected chi connectivity index (χ2v) is 6.53. The average Bonchev–Trinajstić information content (AvgIpc) is 3.06. The summed E-state index contributed by atoms with van der Waals surface area (Å²) in [6.45, 7) is -0.512. The molecule has 0 aliphatic heterocycles. The van der Waals surface area contributed by atoms with E-state index in [-0.39, 0.29) is 22.8 Å². The number of hydrogen-bond donors (Lipinski definition) is 1. The van der Waals surface area contributed by atoms with E-state index in [0.29, 0.717) is 6.42 Å². The van der Waals surface area contributed by atoms with Gasteiger partial charge in [-0.25, -0.2) is 0 Å². The van der Waals surface area contributed by atoms with Crippen LogP contribution in [0.15, 0.2) is 35.7 Å². The lowest BCUT2D eigenvalue weighted by molar-refractivity contribution is -0.383. The van der Waals surface area contributed by atoms with Gasteiger partial charge in [-0.2, -0.15) is 0 Å².